The number of aryl methyl sites for hydroxylation is 1. The molecule has 1 aromatic rings. The van der Waals surface area contributed by atoms with E-state index in [9.17, 15) is 4.79 Å². The molecule has 0 fully saturated rings. The van der Waals surface area contributed by atoms with Crippen molar-refractivity contribution in [3.05, 3.63) is 28.9 Å². The van der Waals surface area contributed by atoms with Crippen molar-refractivity contribution in [2.24, 2.45) is 0 Å². The number of aromatic nitrogens is 2. The van der Waals surface area contributed by atoms with E-state index in [-0.39, 0.29) is 5.69 Å². The highest BCUT2D eigenvalue weighted by Gasteiger charge is 1.86. The monoisotopic (exact) mass is 168 g/mol. The fourth-order valence-electron chi connectivity index (χ4n) is 0.628. The molecule has 1 rings (SSSR count). The second kappa shape index (κ2) is 6.58. The zero-order valence-electron chi connectivity index (χ0n) is 7.95. The highest BCUT2D eigenvalue weighted by atomic mass is 16.1. The molecule has 1 aromatic heterocycles. The average molecular weight is 168 g/mol. The molecule has 0 aliphatic heterocycles. The number of hydrogen-bond acceptors (Lipinski definition) is 2. The molecule has 0 aromatic carbocycles. The summed E-state index contributed by atoms with van der Waals surface area (Å²) in [5.41, 5.74) is -0.181. The normalized spacial score (nSPS) is 8.58. The van der Waals surface area contributed by atoms with Crippen LogP contribution in [-0.2, 0) is 6.54 Å². The summed E-state index contributed by atoms with van der Waals surface area (Å²) in [6.07, 6.45) is 4.46. The van der Waals surface area contributed by atoms with E-state index >= 15 is 0 Å². The van der Waals surface area contributed by atoms with Gasteiger partial charge < -0.3 is 0 Å². The number of hydrogen-bond donors (Lipinski definition) is 0. The summed E-state index contributed by atoms with van der Waals surface area (Å²) in [5, 5.41) is 0. The maximum Gasteiger partial charge on any atom is 0.347 e. The molecule has 0 aliphatic carbocycles. The second-order valence-electron chi connectivity index (χ2n) is 2.40. The van der Waals surface area contributed by atoms with E-state index in [0.29, 0.717) is 6.54 Å². The lowest BCUT2D eigenvalue weighted by molar-refractivity contribution is 0.699. The van der Waals surface area contributed by atoms with E-state index in [2.05, 4.69) is 18.8 Å². The summed E-state index contributed by atoms with van der Waals surface area (Å²) in [7, 11) is 0. The van der Waals surface area contributed by atoms with Crippen LogP contribution in [0.15, 0.2) is 23.3 Å². The van der Waals surface area contributed by atoms with Crippen LogP contribution in [-0.4, -0.2) is 9.55 Å². The maximum atomic E-state index is 10.7. The van der Waals surface area contributed by atoms with Crippen molar-refractivity contribution in [1.29, 1.82) is 0 Å². The van der Waals surface area contributed by atoms with Gasteiger partial charge in [-0.15, -0.1) is 0 Å². The first-order valence-corrected chi connectivity index (χ1v) is 4.27. The molecule has 0 bridgehead atoms. The molecule has 0 radical (unpaired) electrons. The minimum absolute atomic E-state index is 0.181. The van der Waals surface area contributed by atoms with Gasteiger partial charge in [0.25, 0.3) is 0 Å². The van der Waals surface area contributed by atoms with E-state index in [1.165, 1.54) is 12.6 Å². The maximum absolute atomic E-state index is 10.7. The molecule has 1 heterocycles. The molecule has 0 saturated carbocycles. The third-order valence-electron chi connectivity index (χ3n) is 1.12. The molecular formula is C9H16N2O. The van der Waals surface area contributed by atoms with Crippen LogP contribution in [0.1, 0.15) is 27.2 Å². The molecule has 0 unspecified atom stereocenters. The van der Waals surface area contributed by atoms with Gasteiger partial charge in [-0.1, -0.05) is 20.3 Å². The van der Waals surface area contributed by atoms with Crippen molar-refractivity contribution >= 4 is 0 Å². The quantitative estimate of drug-likeness (QED) is 0.639. The molecule has 0 spiro atoms. The fourth-order valence-corrected chi connectivity index (χ4v) is 0.628. The average Bonchev–Trinajstić information content (AvgIpc) is 2.07. The Morgan fingerprint density at radius 2 is 2.00 bits per heavy atom. The van der Waals surface area contributed by atoms with Gasteiger partial charge in [-0.2, -0.15) is 0 Å². The van der Waals surface area contributed by atoms with E-state index in [4.69, 9.17) is 0 Å². The summed E-state index contributed by atoms with van der Waals surface area (Å²) in [5.74, 6) is 0. The SMILES string of the molecule is CCC.CCn1cccnc1=O. The van der Waals surface area contributed by atoms with Gasteiger partial charge in [-0.3, -0.25) is 4.57 Å². The summed E-state index contributed by atoms with van der Waals surface area (Å²) in [6.45, 7) is 6.84. The zero-order chi connectivity index (χ0) is 9.40. The number of rotatable bonds is 1. The summed E-state index contributed by atoms with van der Waals surface area (Å²) < 4.78 is 1.54. The first kappa shape index (κ1) is 10.9. The van der Waals surface area contributed by atoms with Crippen molar-refractivity contribution in [3.63, 3.8) is 0 Å². The molecule has 0 saturated heterocycles. The molecule has 0 atom stereocenters. The Balaban J connectivity index is 0.000000354. The van der Waals surface area contributed by atoms with Gasteiger partial charge in [-0.25, -0.2) is 9.78 Å². The molecule has 0 N–H and O–H groups in total. The zero-order valence-corrected chi connectivity index (χ0v) is 7.95. The van der Waals surface area contributed by atoms with E-state index in [0.717, 1.165) is 0 Å². The predicted molar refractivity (Wildman–Crippen MR) is 50.1 cm³/mol. The standard InChI is InChI=1S/C6H8N2O.C3H8/c1-2-8-5-3-4-7-6(8)9;1-3-2/h3-5H,2H2,1H3;3H2,1-2H3. The van der Waals surface area contributed by atoms with Crippen molar-refractivity contribution in [2.45, 2.75) is 33.7 Å². The summed E-state index contributed by atoms with van der Waals surface area (Å²) >= 11 is 0. The molecule has 68 valence electrons. The van der Waals surface area contributed by atoms with E-state index in [1.807, 2.05) is 6.92 Å². The number of nitrogens with zero attached hydrogens (tertiary/aromatic N) is 2. The molecule has 0 amide bonds. The third-order valence-corrected chi connectivity index (χ3v) is 1.12. The third kappa shape index (κ3) is 3.91. The van der Waals surface area contributed by atoms with Crippen LogP contribution in [0.4, 0.5) is 0 Å². The summed E-state index contributed by atoms with van der Waals surface area (Å²) in [6, 6.07) is 1.74. The van der Waals surface area contributed by atoms with E-state index < -0.39 is 0 Å². The Morgan fingerprint density at radius 3 is 2.33 bits per heavy atom. The highest BCUT2D eigenvalue weighted by Crippen LogP contribution is 1.75. The Bertz CT molecular complexity index is 255. The minimum atomic E-state index is -0.181. The minimum Gasteiger partial charge on any atom is -0.299 e. The molecule has 3 nitrogen and oxygen atoms in total. The Kier molecular flexibility index (Phi) is 5.97. The Labute approximate surface area is 73.1 Å². The molecular weight excluding hydrogens is 152 g/mol. The molecule has 0 aliphatic rings. The van der Waals surface area contributed by atoms with Gasteiger partial charge in [0, 0.05) is 18.9 Å². The van der Waals surface area contributed by atoms with Crippen molar-refractivity contribution < 1.29 is 0 Å². The van der Waals surface area contributed by atoms with E-state index in [1.54, 1.807) is 16.8 Å². The van der Waals surface area contributed by atoms with Gasteiger partial charge in [0.05, 0.1) is 0 Å². The molecule has 12 heavy (non-hydrogen) atoms. The predicted octanol–water partition coefficient (Wildman–Crippen LogP) is 1.68. The first-order chi connectivity index (χ1) is 5.76. The second-order valence-corrected chi connectivity index (χ2v) is 2.40. The lowest BCUT2D eigenvalue weighted by Crippen LogP contribution is -2.19. The van der Waals surface area contributed by atoms with Gasteiger partial charge >= 0.3 is 5.69 Å². The first-order valence-electron chi connectivity index (χ1n) is 4.27. The lowest BCUT2D eigenvalue weighted by Gasteiger charge is -1.94. The van der Waals surface area contributed by atoms with Gasteiger partial charge in [0.2, 0.25) is 0 Å². The topological polar surface area (TPSA) is 34.9 Å². The Morgan fingerprint density at radius 1 is 1.42 bits per heavy atom. The van der Waals surface area contributed by atoms with Gasteiger partial charge in [0.1, 0.15) is 0 Å². The van der Waals surface area contributed by atoms with Crippen molar-refractivity contribution in [1.82, 2.24) is 9.55 Å². The molecule has 3 heteroatoms. The van der Waals surface area contributed by atoms with Gasteiger partial charge in [-0.05, 0) is 13.0 Å². The smallest absolute Gasteiger partial charge is 0.299 e. The van der Waals surface area contributed by atoms with Crippen molar-refractivity contribution in [3.8, 4) is 0 Å². The summed E-state index contributed by atoms with van der Waals surface area (Å²) in [4.78, 5) is 14.3. The van der Waals surface area contributed by atoms with Crippen LogP contribution in [0.2, 0.25) is 0 Å². The largest absolute Gasteiger partial charge is 0.347 e. The Hall–Kier alpha value is -1.12. The highest BCUT2D eigenvalue weighted by molar-refractivity contribution is 4.79. The van der Waals surface area contributed by atoms with Crippen LogP contribution in [0, 0.1) is 0 Å². The van der Waals surface area contributed by atoms with Crippen LogP contribution < -0.4 is 5.69 Å². The lowest BCUT2D eigenvalue weighted by atomic mass is 10.6. The van der Waals surface area contributed by atoms with Crippen molar-refractivity contribution in [2.75, 3.05) is 0 Å². The van der Waals surface area contributed by atoms with Crippen LogP contribution >= 0.6 is 0 Å². The van der Waals surface area contributed by atoms with Crippen LogP contribution in [0.3, 0.4) is 0 Å². The van der Waals surface area contributed by atoms with Crippen LogP contribution in [0.5, 0.6) is 0 Å². The van der Waals surface area contributed by atoms with Gasteiger partial charge in [0.15, 0.2) is 0 Å². The fraction of sp³-hybridized carbons (Fsp3) is 0.556. The van der Waals surface area contributed by atoms with Crippen LogP contribution in [0.25, 0.3) is 0 Å².